The van der Waals surface area contributed by atoms with Crippen molar-refractivity contribution in [2.24, 2.45) is 0 Å². The van der Waals surface area contributed by atoms with Gasteiger partial charge in [0.2, 0.25) is 0 Å². The highest BCUT2D eigenvalue weighted by Gasteiger charge is 2.51. The molecule has 1 aromatic heterocycles. The van der Waals surface area contributed by atoms with E-state index in [1.165, 1.54) is 6.92 Å². The minimum absolute atomic E-state index is 0.298. The summed E-state index contributed by atoms with van der Waals surface area (Å²) in [5.41, 5.74) is 1.72. The first kappa shape index (κ1) is 22.4. The molecule has 4 rings (SSSR count). The number of carbonyl (C=O) groups is 3. The van der Waals surface area contributed by atoms with Gasteiger partial charge < -0.3 is 9.88 Å². The third-order valence-electron chi connectivity index (χ3n) is 6.13. The van der Waals surface area contributed by atoms with Crippen molar-refractivity contribution >= 4 is 17.7 Å². The SMILES string of the molecule is Cc1ccccc1-n1c(C)cc(C(=O)CN2C(=O)NC(C)(c3cc(F)ccc3F)C2=O)c1C. The molecule has 1 atom stereocenters. The lowest BCUT2D eigenvalue weighted by molar-refractivity contribution is -0.130. The number of para-hydroxylation sites is 1. The van der Waals surface area contributed by atoms with Gasteiger partial charge >= 0.3 is 6.03 Å². The molecule has 1 aliphatic heterocycles. The fourth-order valence-corrected chi connectivity index (χ4v) is 4.36. The van der Waals surface area contributed by atoms with E-state index in [1.54, 1.807) is 13.0 Å². The molecule has 0 saturated carbocycles. The predicted octanol–water partition coefficient (Wildman–Crippen LogP) is 4.33. The Hall–Kier alpha value is -3.81. The van der Waals surface area contributed by atoms with Crippen molar-refractivity contribution in [2.45, 2.75) is 33.2 Å². The van der Waals surface area contributed by atoms with Gasteiger partial charge in [-0.05, 0) is 63.6 Å². The van der Waals surface area contributed by atoms with Gasteiger partial charge in [0.25, 0.3) is 5.91 Å². The maximum Gasteiger partial charge on any atom is 0.325 e. The molecule has 33 heavy (non-hydrogen) atoms. The normalized spacial score (nSPS) is 18.1. The molecule has 0 bridgehead atoms. The standard InChI is InChI=1S/C25H23F2N3O3/c1-14-7-5-6-8-21(14)30-15(2)11-18(16(30)3)22(31)13-29-23(32)25(4,28-24(29)33)19-12-17(26)9-10-20(19)27/h5-12H,13H2,1-4H3,(H,28,33). The van der Waals surface area contributed by atoms with Crippen LogP contribution in [0.15, 0.2) is 48.5 Å². The van der Waals surface area contributed by atoms with Crippen molar-refractivity contribution in [3.05, 3.63) is 88.2 Å². The van der Waals surface area contributed by atoms with Crippen LogP contribution in [-0.4, -0.2) is 33.7 Å². The van der Waals surface area contributed by atoms with Gasteiger partial charge in [-0.3, -0.25) is 14.5 Å². The van der Waals surface area contributed by atoms with E-state index in [-0.39, 0.29) is 5.56 Å². The first-order valence-corrected chi connectivity index (χ1v) is 10.4. The van der Waals surface area contributed by atoms with E-state index in [2.05, 4.69) is 5.32 Å². The monoisotopic (exact) mass is 451 g/mol. The molecule has 1 saturated heterocycles. The number of imide groups is 1. The van der Waals surface area contributed by atoms with E-state index in [4.69, 9.17) is 0 Å². The van der Waals surface area contributed by atoms with E-state index in [9.17, 15) is 23.2 Å². The van der Waals surface area contributed by atoms with Crippen LogP contribution in [0.1, 0.15) is 39.8 Å². The van der Waals surface area contributed by atoms with Crippen molar-refractivity contribution in [1.82, 2.24) is 14.8 Å². The number of benzene rings is 2. The van der Waals surface area contributed by atoms with Gasteiger partial charge in [-0.15, -0.1) is 0 Å². The van der Waals surface area contributed by atoms with Gasteiger partial charge in [-0.1, -0.05) is 18.2 Å². The van der Waals surface area contributed by atoms with Gasteiger partial charge in [0.05, 0.1) is 6.54 Å². The molecule has 0 radical (unpaired) electrons. The summed E-state index contributed by atoms with van der Waals surface area (Å²) in [6, 6.07) is 11.3. The van der Waals surface area contributed by atoms with Crippen LogP contribution < -0.4 is 5.32 Å². The Kier molecular flexibility index (Phi) is 5.40. The molecular formula is C25H23F2N3O3. The van der Waals surface area contributed by atoms with Crippen LogP contribution in [0.5, 0.6) is 0 Å². The maximum atomic E-state index is 14.4. The zero-order valence-corrected chi connectivity index (χ0v) is 18.7. The molecule has 170 valence electrons. The van der Waals surface area contributed by atoms with Gasteiger partial charge in [0.15, 0.2) is 5.78 Å². The number of carbonyl (C=O) groups excluding carboxylic acids is 3. The number of hydrogen-bond acceptors (Lipinski definition) is 3. The van der Waals surface area contributed by atoms with Gasteiger partial charge in [-0.25, -0.2) is 13.6 Å². The van der Waals surface area contributed by atoms with Crippen LogP contribution in [0.25, 0.3) is 5.69 Å². The molecule has 1 unspecified atom stereocenters. The number of aromatic nitrogens is 1. The second-order valence-corrected chi connectivity index (χ2v) is 8.40. The number of amides is 3. The number of ketones is 1. The quantitative estimate of drug-likeness (QED) is 0.464. The highest BCUT2D eigenvalue weighted by atomic mass is 19.1. The third-order valence-corrected chi connectivity index (χ3v) is 6.13. The number of halogens is 2. The minimum atomic E-state index is -1.82. The van der Waals surface area contributed by atoms with Crippen LogP contribution in [0, 0.1) is 32.4 Å². The number of nitrogens with one attached hydrogen (secondary N) is 1. The molecule has 3 amide bonds. The van der Waals surface area contributed by atoms with Gasteiger partial charge in [-0.2, -0.15) is 0 Å². The molecule has 1 N–H and O–H groups in total. The second kappa shape index (κ2) is 7.95. The Labute approximate surface area is 189 Å². The first-order chi connectivity index (χ1) is 15.5. The van der Waals surface area contributed by atoms with Crippen LogP contribution in [0.3, 0.4) is 0 Å². The fourth-order valence-electron chi connectivity index (χ4n) is 4.36. The van der Waals surface area contributed by atoms with Crippen molar-refractivity contribution in [3.63, 3.8) is 0 Å². The Balaban J connectivity index is 1.64. The topological polar surface area (TPSA) is 71.4 Å². The zero-order valence-electron chi connectivity index (χ0n) is 18.7. The average molecular weight is 451 g/mol. The Morgan fingerprint density at radius 1 is 1.03 bits per heavy atom. The molecule has 1 fully saturated rings. The third kappa shape index (κ3) is 3.61. The number of aryl methyl sites for hydroxylation is 2. The van der Waals surface area contributed by atoms with Gasteiger partial charge in [0.1, 0.15) is 17.2 Å². The Bertz CT molecular complexity index is 1310. The van der Waals surface area contributed by atoms with E-state index >= 15 is 0 Å². The number of urea groups is 1. The van der Waals surface area contributed by atoms with Gasteiger partial charge in [0, 0.05) is 28.2 Å². The number of rotatable bonds is 5. The molecule has 2 heterocycles. The lowest BCUT2D eigenvalue weighted by atomic mass is 9.91. The highest BCUT2D eigenvalue weighted by Crippen LogP contribution is 2.32. The molecule has 0 aliphatic carbocycles. The first-order valence-electron chi connectivity index (χ1n) is 10.4. The summed E-state index contributed by atoms with van der Waals surface area (Å²) in [5.74, 6) is -2.83. The number of Topliss-reactive ketones (excluding diaryl/α,β-unsaturated/α-hetero) is 1. The number of nitrogens with zero attached hydrogens (tertiary/aromatic N) is 2. The van der Waals surface area contributed by atoms with Crippen molar-refractivity contribution in [1.29, 1.82) is 0 Å². The Morgan fingerprint density at radius 2 is 1.73 bits per heavy atom. The summed E-state index contributed by atoms with van der Waals surface area (Å²) < 4.78 is 30.0. The highest BCUT2D eigenvalue weighted by molar-refractivity contribution is 6.11. The van der Waals surface area contributed by atoms with E-state index in [0.717, 1.165) is 40.0 Å². The van der Waals surface area contributed by atoms with Crippen LogP contribution >= 0.6 is 0 Å². The summed E-state index contributed by atoms with van der Waals surface area (Å²) in [7, 11) is 0. The maximum absolute atomic E-state index is 14.4. The fraction of sp³-hybridized carbons (Fsp3) is 0.240. The average Bonchev–Trinajstić information content (AvgIpc) is 3.18. The largest absolute Gasteiger partial charge is 0.325 e. The summed E-state index contributed by atoms with van der Waals surface area (Å²) in [6.07, 6.45) is 0. The summed E-state index contributed by atoms with van der Waals surface area (Å²) in [5, 5.41) is 2.41. The van der Waals surface area contributed by atoms with Crippen molar-refractivity contribution in [2.75, 3.05) is 6.54 Å². The molecule has 6 nitrogen and oxygen atoms in total. The molecule has 8 heteroatoms. The summed E-state index contributed by atoms with van der Waals surface area (Å²) in [4.78, 5) is 39.6. The lowest BCUT2D eigenvalue weighted by Gasteiger charge is -2.22. The molecule has 3 aromatic rings. The molecule has 1 aliphatic rings. The van der Waals surface area contributed by atoms with Crippen LogP contribution in [-0.2, 0) is 10.3 Å². The minimum Gasteiger partial charge on any atom is -0.319 e. The molecular weight excluding hydrogens is 428 g/mol. The summed E-state index contributed by atoms with van der Waals surface area (Å²) in [6.45, 7) is 6.41. The van der Waals surface area contributed by atoms with E-state index in [0.29, 0.717) is 11.3 Å². The van der Waals surface area contributed by atoms with Crippen molar-refractivity contribution in [3.8, 4) is 5.69 Å². The molecule has 0 spiro atoms. The van der Waals surface area contributed by atoms with Crippen LogP contribution in [0.4, 0.5) is 13.6 Å². The van der Waals surface area contributed by atoms with Crippen molar-refractivity contribution < 1.29 is 23.2 Å². The summed E-state index contributed by atoms with van der Waals surface area (Å²) >= 11 is 0. The van der Waals surface area contributed by atoms with E-state index < -0.39 is 41.4 Å². The smallest absolute Gasteiger partial charge is 0.319 e. The number of hydrogen-bond donors (Lipinski definition) is 1. The zero-order chi connectivity index (χ0) is 24.1. The van der Waals surface area contributed by atoms with Crippen LogP contribution in [0.2, 0.25) is 0 Å². The predicted molar refractivity (Wildman–Crippen MR) is 118 cm³/mol. The second-order valence-electron chi connectivity index (χ2n) is 8.40. The Morgan fingerprint density at radius 3 is 2.42 bits per heavy atom. The van der Waals surface area contributed by atoms with E-state index in [1.807, 2.05) is 42.7 Å². The lowest BCUT2D eigenvalue weighted by Crippen LogP contribution is -2.42. The molecule has 2 aromatic carbocycles.